The molecule has 0 N–H and O–H groups in total. The highest BCUT2D eigenvalue weighted by Gasteiger charge is 2.14. The van der Waals surface area contributed by atoms with Gasteiger partial charge in [0.2, 0.25) is 5.75 Å². The van der Waals surface area contributed by atoms with Crippen LogP contribution >= 0.6 is 0 Å². The van der Waals surface area contributed by atoms with Crippen LogP contribution in [0.15, 0.2) is 36.4 Å². The first kappa shape index (κ1) is 20.7. The molecule has 0 amide bonds. The first-order valence-corrected chi connectivity index (χ1v) is 8.34. The van der Waals surface area contributed by atoms with Gasteiger partial charge in [-0.2, -0.15) is 0 Å². The number of carbonyl (C=O) groups excluding carboxylic acids is 1. The van der Waals surface area contributed by atoms with Crippen molar-refractivity contribution >= 4 is 11.9 Å². The van der Waals surface area contributed by atoms with Crippen molar-refractivity contribution in [2.75, 3.05) is 35.0 Å². The van der Waals surface area contributed by atoms with Gasteiger partial charge in [-0.15, -0.1) is 6.42 Å². The van der Waals surface area contributed by atoms with Crippen molar-refractivity contribution in [3.8, 4) is 41.1 Å². The summed E-state index contributed by atoms with van der Waals surface area (Å²) in [5.41, 5.74) is 1.12. The molecule has 0 radical (unpaired) electrons. The van der Waals surface area contributed by atoms with Gasteiger partial charge >= 0.3 is 0 Å². The van der Waals surface area contributed by atoms with Gasteiger partial charge in [-0.05, 0) is 35.9 Å². The van der Waals surface area contributed by atoms with Crippen LogP contribution in [0.5, 0.6) is 28.7 Å². The van der Waals surface area contributed by atoms with Crippen molar-refractivity contribution in [3.63, 3.8) is 0 Å². The number of hydrogen-bond donors (Lipinski definition) is 0. The molecule has 0 aliphatic carbocycles. The van der Waals surface area contributed by atoms with Crippen LogP contribution in [-0.2, 0) is 0 Å². The van der Waals surface area contributed by atoms with E-state index in [4.69, 9.17) is 30.1 Å². The van der Waals surface area contributed by atoms with E-state index in [-0.39, 0.29) is 12.4 Å². The number of hydrogen-bond acceptors (Lipinski definition) is 6. The summed E-state index contributed by atoms with van der Waals surface area (Å²) in [5, 5.41) is 0. The molecule has 0 unspecified atom stereocenters. The molecule has 0 aromatic heterocycles. The van der Waals surface area contributed by atoms with Gasteiger partial charge < -0.3 is 23.7 Å². The Morgan fingerprint density at radius 1 is 0.964 bits per heavy atom. The summed E-state index contributed by atoms with van der Waals surface area (Å²) in [6.45, 7) is 0.136. The second-order valence-corrected chi connectivity index (χ2v) is 5.51. The van der Waals surface area contributed by atoms with Gasteiger partial charge in [-0.25, -0.2) is 0 Å². The smallest absolute Gasteiger partial charge is 0.203 e. The summed E-state index contributed by atoms with van der Waals surface area (Å²) in [6, 6.07) is 8.42. The van der Waals surface area contributed by atoms with Crippen molar-refractivity contribution in [2.45, 2.75) is 0 Å². The minimum absolute atomic E-state index is 0.136. The van der Waals surface area contributed by atoms with E-state index >= 15 is 0 Å². The number of methoxy groups -OCH3 is 4. The van der Waals surface area contributed by atoms with E-state index in [1.165, 1.54) is 34.5 Å². The Balaban J connectivity index is 2.29. The van der Waals surface area contributed by atoms with Gasteiger partial charge in [0.05, 0.1) is 34.0 Å². The Morgan fingerprint density at radius 3 is 2.14 bits per heavy atom. The maximum atomic E-state index is 12.6. The zero-order valence-electron chi connectivity index (χ0n) is 16.3. The average Bonchev–Trinajstić information content (AvgIpc) is 2.74. The molecule has 6 nitrogen and oxygen atoms in total. The quantitative estimate of drug-likeness (QED) is 0.375. The summed E-state index contributed by atoms with van der Waals surface area (Å²) >= 11 is 0. The molecular formula is C22H22O6. The molecule has 0 saturated heterocycles. The molecule has 28 heavy (non-hydrogen) atoms. The first-order valence-electron chi connectivity index (χ1n) is 8.34. The second-order valence-electron chi connectivity index (χ2n) is 5.51. The number of ether oxygens (including phenoxy) is 5. The third kappa shape index (κ3) is 4.77. The molecule has 0 aliphatic heterocycles. The molecule has 2 rings (SSSR count). The standard InChI is InChI=1S/C22H22O6/c1-6-11-28-16-8-9-17(19(14-16)24-2)18(23)10-7-15-12-20(25-3)22(27-5)21(13-15)26-4/h1,7-10,12-14H,11H2,2-5H3/b10-7+. The molecule has 2 aromatic carbocycles. The lowest BCUT2D eigenvalue weighted by Crippen LogP contribution is -2.01. The van der Waals surface area contributed by atoms with Gasteiger partial charge in [0.1, 0.15) is 18.1 Å². The highest BCUT2D eigenvalue weighted by atomic mass is 16.5. The molecule has 0 aliphatic rings. The molecule has 6 heteroatoms. The molecule has 0 bridgehead atoms. The van der Waals surface area contributed by atoms with Gasteiger partial charge in [0.15, 0.2) is 17.3 Å². The number of carbonyl (C=O) groups is 1. The second kappa shape index (κ2) is 9.93. The van der Waals surface area contributed by atoms with E-state index in [1.807, 2.05) is 0 Å². The third-order valence-corrected chi connectivity index (χ3v) is 3.87. The zero-order valence-corrected chi connectivity index (χ0v) is 16.3. The maximum Gasteiger partial charge on any atom is 0.203 e. The summed E-state index contributed by atoms with van der Waals surface area (Å²) in [6.07, 6.45) is 8.29. The van der Waals surface area contributed by atoms with Crippen LogP contribution in [0.25, 0.3) is 6.08 Å². The molecule has 0 heterocycles. The molecule has 0 fully saturated rings. The predicted molar refractivity (Wildman–Crippen MR) is 107 cm³/mol. The number of benzene rings is 2. The van der Waals surface area contributed by atoms with Gasteiger partial charge in [-0.1, -0.05) is 12.0 Å². The molecule has 2 aromatic rings. The highest BCUT2D eigenvalue weighted by molar-refractivity contribution is 6.08. The lowest BCUT2D eigenvalue weighted by Gasteiger charge is -2.12. The normalized spacial score (nSPS) is 10.2. The zero-order chi connectivity index (χ0) is 20.5. The minimum Gasteiger partial charge on any atom is -0.496 e. The molecule has 0 saturated carbocycles. The van der Waals surface area contributed by atoms with E-state index in [9.17, 15) is 4.79 Å². The summed E-state index contributed by atoms with van der Waals surface area (Å²) in [4.78, 5) is 12.6. The van der Waals surface area contributed by atoms with Crippen LogP contribution in [0, 0.1) is 12.3 Å². The molecule has 146 valence electrons. The Morgan fingerprint density at radius 2 is 1.61 bits per heavy atom. The van der Waals surface area contributed by atoms with Gasteiger partial charge in [0.25, 0.3) is 0 Å². The third-order valence-electron chi connectivity index (χ3n) is 3.87. The fraction of sp³-hybridized carbons (Fsp3) is 0.227. The first-order chi connectivity index (χ1) is 13.6. The Hall–Kier alpha value is -3.59. The number of rotatable bonds is 9. The highest BCUT2D eigenvalue weighted by Crippen LogP contribution is 2.38. The van der Waals surface area contributed by atoms with E-state index in [0.29, 0.717) is 34.3 Å². The van der Waals surface area contributed by atoms with Crippen LogP contribution in [0.2, 0.25) is 0 Å². The lowest BCUT2D eigenvalue weighted by atomic mass is 10.1. The monoisotopic (exact) mass is 382 g/mol. The van der Waals surface area contributed by atoms with Crippen LogP contribution in [0.1, 0.15) is 15.9 Å². The molecular weight excluding hydrogens is 360 g/mol. The fourth-order valence-corrected chi connectivity index (χ4v) is 2.55. The SMILES string of the molecule is C#CCOc1ccc(C(=O)/C=C/c2cc(OC)c(OC)c(OC)c2)c(OC)c1. The minimum atomic E-state index is -0.228. The number of allylic oxidation sites excluding steroid dienone is 1. The lowest BCUT2D eigenvalue weighted by molar-refractivity contribution is 0.104. The van der Waals surface area contributed by atoms with Crippen LogP contribution in [-0.4, -0.2) is 40.8 Å². The Bertz CT molecular complexity index is 883. The molecule has 0 atom stereocenters. The number of ketones is 1. The van der Waals surface area contributed by atoms with E-state index < -0.39 is 0 Å². The van der Waals surface area contributed by atoms with Crippen molar-refractivity contribution < 1.29 is 28.5 Å². The van der Waals surface area contributed by atoms with Gasteiger partial charge in [0, 0.05) is 6.07 Å². The average molecular weight is 382 g/mol. The van der Waals surface area contributed by atoms with Crippen LogP contribution in [0.3, 0.4) is 0 Å². The molecule has 0 spiro atoms. The maximum absolute atomic E-state index is 12.6. The Kier molecular flexibility index (Phi) is 7.35. The largest absolute Gasteiger partial charge is 0.496 e. The van der Waals surface area contributed by atoms with E-state index in [2.05, 4.69) is 5.92 Å². The number of terminal acetylenes is 1. The van der Waals surface area contributed by atoms with Gasteiger partial charge in [-0.3, -0.25) is 4.79 Å². The van der Waals surface area contributed by atoms with Crippen LogP contribution in [0.4, 0.5) is 0 Å². The van der Waals surface area contributed by atoms with Crippen molar-refractivity contribution in [1.29, 1.82) is 0 Å². The summed E-state index contributed by atoms with van der Waals surface area (Å²) in [5.74, 6) is 4.57. The topological polar surface area (TPSA) is 63.2 Å². The van der Waals surface area contributed by atoms with Crippen molar-refractivity contribution in [2.24, 2.45) is 0 Å². The Labute approximate surface area is 164 Å². The summed E-state index contributed by atoms with van der Waals surface area (Å²) in [7, 11) is 6.08. The van der Waals surface area contributed by atoms with E-state index in [0.717, 1.165) is 5.56 Å². The fourth-order valence-electron chi connectivity index (χ4n) is 2.55. The predicted octanol–water partition coefficient (Wildman–Crippen LogP) is 3.63. The van der Waals surface area contributed by atoms with Crippen LogP contribution < -0.4 is 23.7 Å². The van der Waals surface area contributed by atoms with E-state index in [1.54, 1.807) is 36.4 Å². The summed E-state index contributed by atoms with van der Waals surface area (Å²) < 4.78 is 26.6. The van der Waals surface area contributed by atoms with Crippen molar-refractivity contribution in [1.82, 2.24) is 0 Å². The van der Waals surface area contributed by atoms with Crippen molar-refractivity contribution in [3.05, 3.63) is 47.5 Å².